The molecular weight excluding hydrogens is 416 g/mol. The van der Waals surface area contributed by atoms with E-state index in [1.807, 2.05) is 0 Å². The molecule has 0 atom stereocenters. The highest BCUT2D eigenvalue weighted by Gasteiger charge is 2.23. The van der Waals surface area contributed by atoms with Crippen molar-refractivity contribution < 1.29 is 22.7 Å². The molecule has 0 saturated carbocycles. The minimum atomic E-state index is -3.87. The highest BCUT2D eigenvalue weighted by Crippen LogP contribution is 2.30. The predicted octanol–water partition coefficient (Wildman–Crippen LogP) is 3.62. The van der Waals surface area contributed by atoms with Crippen molar-refractivity contribution in [3.8, 4) is 0 Å². The van der Waals surface area contributed by atoms with Gasteiger partial charge in [-0.1, -0.05) is 11.6 Å². The topological polar surface area (TPSA) is 92.8 Å². The number of carbonyl (C=O) groups excluding carboxylic acids is 2. The molecule has 154 valence electrons. The number of fused-ring (bicyclic) bond motifs is 1. The van der Waals surface area contributed by atoms with Crippen LogP contribution in [0.25, 0.3) is 0 Å². The molecule has 2 aromatic carbocycles. The number of nitrogens with one attached hydrogen (secondary N) is 1. The average Bonchev–Trinajstić information content (AvgIpc) is 2.66. The van der Waals surface area contributed by atoms with Gasteiger partial charge in [-0.05, 0) is 61.7 Å². The Hall–Kier alpha value is -2.58. The summed E-state index contributed by atoms with van der Waals surface area (Å²) in [6.45, 7) is 4.01. The lowest BCUT2D eigenvalue weighted by Crippen LogP contribution is -2.33. The van der Waals surface area contributed by atoms with Crippen LogP contribution in [0.1, 0.15) is 36.2 Å². The van der Waals surface area contributed by atoms with Gasteiger partial charge >= 0.3 is 5.97 Å². The van der Waals surface area contributed by atoms with Gasteiger partial charge < -0.3 is 9.64 Å². The number of esters is 1. The summed E-state index contributed by atoms with van der Waals surface area (Å²) >= 11 is 6.10. The number of aryl methyl sites for hydroxylation is 1. The van der Waals surface area contributed by atoms with Gasteiger partial charge in [-0.15, -0.1) is 0 Å². The molecule has 1 heterocycles. The third kappa shape index (κ3) is 4.54. The zero-order valence-electron chi connectivity index (χ0n) is 16.1. The quantitative estimate of drug-likeness (QED) is 0.722. The largest absolute Gasteiger partial charge is 0.462 e. The Balaban J connectivity index is 1.86. The van der Waals surface area contributed by atoms with E-state index >= 15 is 0 Å². The highest BCUT2D eigenvalue weighted by atomic mass is 35.5. The number of anilines is 2. The Kier molecular flexibility index (Phi) is 6.14. The SMILES string of the molecule is CCOC(=O)c1ccc(NS(=O)(=O)c2ccc3c(c2)CCCN3C(C)=O)cc1Cl. The summed E-state index contributed by atoms with van der Waals surface area (Å²) in [6, 6.07) is 8.93. The van der Waals surface area contributed by atoms with E-state index in [9.17, 15) is 18.0 Å². The van der Waals surface area contributed by atoms with Gasteiger partial charge in [0.1, 0.15) is 0 Å². The molecule has 0 aromatic heterocycles. The molecule has 1 amide bonds. The van der Waals surface area contributed by atoms with E-state index in [-0.39, 0.29) is 33.7 Å². The van der Waals surface area contributed by atoms with Gasteiger partial charge in [0, 0.05) is 19.2 Å². The van der Waals surface area contributed by atoms with Crippen molar-refractivity contribution in [1.82, 2.24) is 0 Å². The van der Waals surface area contributed by atoms with Crippen molar-refractivity contribution in [3.63, 3.8) is 0 Å². The summed E-state index contributed by atoms with van der Waals surface area (Å²) < 4.78 is 33.0. The predicted molar refractivity (Wildman–Crippen MR) is 111 cm³/mol. The first-order chi connectivity index (χ1) is 13.7. The van der Waals surface area contributed by atoms with Crippen LogP contribution in [-0.4, -0.2) is 33.4 Å². The van der Waals surface area contributed by atoms with Crippen molar-refractivity contribution in [3.05, 3.63) is 52.5 Å². The molecular formula is C20H21ClN2O5S. The first-order valence-electron chi connectivity index (χ1n) is 9.13. The smallest absolute Gasteiger partial charge is 0.339 e. The number of sulfonamides is 1. The van der Waals surface area contributed by atoms with Crippen LogP contribution in [-0.2, 0) is 26.0 Å². The summed E-state index contributed by atoms with van der Waals surface area (Å²) in [5, 5.41) is 0.0891. The Labute approximate surface area is 174 Å². The van der Waals surface area contributed by atoms with Crippen LogP contribution in [0.3, 0.4) is 0 Å². The molecule has 0 unspecified atom stereocenters. The summed E-state index contributed by atoms with van der Waals surface area (Å²) in [4.78, 5) is 25.3. The van der Waals surface area contributed by atoms with E-state index in [4.69, 9.17) is 16.3 Å². The molecule has 0 aliphatic carbocycles. The molecule has 1 aliphatic rings. The molecule has 0 saturated heterocycles. The van der Waals surface area contributed by atoms with Crippen LogP contribution in [0.2, 0.25) is 5.02 Å². The summed E-state index contributed by atoms with van der Waals surface area (Å²) in [5.41, 5.74) is 1.94. The molecule has 0 radical (unpaired) electrons. The first-order valence-corrected chi connectivity index (χ1v) is 11.0. The van der Waals surface area contributed by atoms with E-state index < -0.39 is 16.0 Å². The van der Waals surface area contributed by atoms with E-state index in [2.05, 4.69) is 4.72 Å². The van der Waals surface area contributed by atoms with Gasteiger partial charge in [0.05, 0.1) is 27.8 Å². The number of nitrogens with zero attached hydrogens (tertiary/aromatic N) is 1. The number of benzene rings is 2. The minimum Gasteiger partial charge on any atom is -0.462 e. The molecule has 0 bridgehead atoms. The maximum atomic E-state index is 12.8. The van der Waals surface area contributed by atoms with E-state index in [0.29, 0.717) is 13.0 Å². The van der Waals surface area contributed by atoms with Crippen molar-refractivity contribution in [1.29, 1.82) is 0 Å². The molecule has 0 spiro atoms. The molecule has 3 rings (SSSR count). The monoisotopic (exact) mass is 436 g/mol. The fraction of sp³-hybridized carbons (Fsp3) is 0.300. The number of amides is 1. The second-order valence-corrected chi connectivity index (χ2v) is 8.67. The van der Waals surface area contributed by atoms with Crippen LogP contribution < -0.4 is 9.62 Å². The average molecular weight is 437 g/mol. The van der Waals surface area contributed by atoms with Gasteiger partial charge in [-0.2, -0.15) is 0 Å². The first kappa shape index (κ1) is 21.1. The van der Waals surface area contributed by atoms with Crippen LogP contribution in [0.5, 0.6) is 0 Å². The maximum Gasteiger partial charge on any atom is 0.339 e. The van der Waals surface area contributed by atoms with Gasteiger partial charge in [-0.25, -0.2) is 13.2 Å². The van der Waals surface area contributed by atoms with E-state index in [1.165, 1.54) is 31.2 Å². The van der Waals surface area contributed by atoms with E-state index in [1.54, 1.807) is 24.0 Å². The van der Waals surface area contributed by atoms with Crippen LogP contribution in [0.15, 0.2) is 41.3 Å². The zero-order chi connectivity index (χ0) is 21.2. The second-order valence-electron chi connectivity index (χ2n) is 6.59. The lowest BCUT2D eigenvalue weighted by atomic mass is 10.0. The van der Waals surface area contributed by atoms with Gasteiger partial charge in [0.25, 0.3) is 10.0 Å². The fourth-order valence-corrected chi connectivity index (χ4v) is 4.59. The summed E-state index contributed by atoms with van der Waals surface area (Å²) in [6.07, 6.45) is 1.47. The Bertz CT molecular complexity index is 1070. The lowest BCUT2D eigenvalue weighted by molar-refractivity contribution is -0.116. The van der Waals surface area contributed by atoms with Crippen molar-refractivity contribution in [2.24, 2.45) is 0 Å². The highest BCUT2D eigenvalue weighted by molar-refractivity contribution is 7.92. The lowest BCUT2D eigenvalue weighted by Gasteiger charge is -2.28. The number of hydrogen-bond donors (Lipinski definition) is 1. The third-order valence-electron chi connectivity index (χ3n) is 4.58. The molecule has 1 N–H and O–H groups in total. The minimum absolute atomic E-state index is 0.0731. The van der Waals surface area contributed by atoms with Crippen molar-refractivity contribution >= 4 is 44.9 Å². The number of carbonyl (C=O) groups is 2. The van der Waals surface area contributed by atoms with Crippen molar-refractivity contribution in [2.45, 2.75) is 31.6 Å². The number of ether oxygens (including phenoxy) is 1. The second kappa shape index (κ2) is 8.42. The fourth-order valence-electron chi connectivity index (χ4n) is 3.23. The molecule has 29 heavy (non-hydrogen) atoms. The van der Waals surface area contributed by atoms with Crippen LogP contribution >= 0.6 is 11.6 Å². The van der Waals surface area contributed by atoms with Gasteiger partial charge in [0.2, 0.25) is 5.91 Å². The van der Waals surface area contributed by atoms with Crippen LogP contribution in [0.4, 0.5) is 11.4 Å². The number of hydrogen-bond acceptors (Lipinski definition) is 5. The van der Waals surface area contributed by atoms with Gasteiger partial charge in [0.15, 0.2) is 0 Å². The standard InChI is InChI=1S/C20H21ClN2O5S/c1-3-28-20(25)17-8-6-15(12-18(17)21)22-29(26,27)16-7-9-19-14(11-16)5-4-10-23(19)13(2)24/h6-9,11-12,22H,3-5,10H2,1-2H3. The number of rotatable bonds is 5. The van der Waals surface area contributed by atoms with E-state index in [0.717, 1.165) is 17.7 Å². The normalized spacial score (nSPS) is 13.6. The Morgan fingerprint density at radius 1 is 1.21 bits per heavy atom. The molecule has 2 aromatic rings. The number of halogens is 1. The van der Waals surface area contributed by atoms with Crippen LogP contribution in [0, 0.1) is 0 Å². The molecule has 7 nitrogen and oxygen atoms in total. The third-order valence-corrected chi connectivity index (χ3v) is 6.27. The Morgan fingerprint density at radius 3 is 2.62 bits per heavy atom. The molecule has 9 heteroatoms. The molecule has 1 aliphatic heterocycles. The zero-order valence-corrected chi connectivity index (χ0v) is 17.6. The summed E-state index contributed by atoms with van der Waals surface area (Å²) in [7, 11) is -3.87. The maximum absolute atomic E-state index is 12.8. The summed E-state index contributed by atoms with van der Waals surface area (Å²) in [5.74, 6) is -0.646. The van der Waals surface area contributed by atoms with Gasteiger partial charge in [-0.3, -0.25) is 9.52 Å². The van der Waals surface area contributed by atoms with Crippen molar-refractivity contribution in [2.75, 3.05) is 22.8 Å². The molecule has 0 fully saturated rings. The Morgan fingerprint density at radius 2 is 1.97 bits per heavy atom.